The Kier molecular flexibility index (Phi) is 12.0. The number of rotatable bonds is 11. The Morgan fingerprint density at radius 1 is 0.919 bits per heavy atom. The van der Waals surface area contributed by atoms with E-state index in [0.29, 0.717) is 26.2 Å². The molecule has 9 nitrogen and oxygen atoms in total. The van der Waals surface area contributed by atoms with Gasteiger partial charge in [-0.25, -0.2) is 9.59 Å². The standard InChI is InChI=1S/C28H46N4O5/c1-28(2,3)37-27(34)32-16-11-25(12-17-32)35-22-8-15-31-20-18-30(19-21-31)14-7-13-29-26(33)36-23-24-9-5-4-6-10-24/h4-6,9-10,25H,7-8,11-23H2,1-3H3,(H,29,33). The van der Waals surface area contributed by atoms with Crippen LogP contribution in [0.3, 0.4) is 0 Å². The summed E-state index contributed by atoms with van der Waals surface area (Å²) in [6.07, 6.45) is 3.35. The SMILES string of the molecule is CC(C)(C)OC(=O)N1CCC(OCCCN2CCN(CCCNC(=O)OCc3ccccc3)CC2)CC1. The van der Waals surface area contributed by atoms with E-state index in [1.165, 1.54) is 0 Å². The zero-order valence-corrected chi connectivity index (χ0v) is 23.0. The van der Waals surface area contributed by atoms with Crippen molar-refractivity contribution < 1.29 is 23.8 Å². The molecule has 0 spiro atoms. The van der Waals surface area contributed by atoms with E-state index in [9.17, 15) is 9.59 Å². The molecule has 2 aliphatic rings. The van der Waals surface area contributed by atoms with Gasteiger partial charge >= 0.3 is 12.2 Å². The molecule has 2 fully saturated rings. The van der Waals surface area contributed by atoms with Crippen LogP contribution in [0, 0.1) is 0 Å². The lowest BCUT2D eigenvalue weighted by Crippen LogP contribution is -2.47. The van der Waals surface area contributed by atoms with Gasteiger partial charge in [-0.2, -0.15) is 0 Å². The Morgan fingerprint density at radius 2 is 1.54 bits per heavy atom. The predicted octanol–water partition coefficient (Wildman–Crippen LogP) is 3.73. The highest BCUT2D eigenvalue weighted by Crippen LogP contribution is 2.17. The van der Waals surface area contributed by atoms with E-state index in [0.717, 1.165) is 77.1 Å². The van der Waals surface area contributed by atoms with Crippen molar-refractivity contribution in [2.75, 3.05) is 65.5 Å². The summed E-state index contributed by atoms with van der Waals surface area (Å²) in [4.78, 5) is 30.8. The second-order valence-electron chi connectivity index (χ2n) is 10.9. The average Bonchev–Trinajstić information content (AvgIpc) is 2.88. The maximum atomic E-state index is 12.2. The molecular weight excluding hydrogens is 472 g/mol. The molecule has 3 rings (SSSR count). The lowest BCUT2D eigenvalue weighted by Gasteiger charge is -2.35. The molecule has 0 radical (unpaired) electrons. The number of piperidine rings is 1. The molecule has 0 aliphatic carbocycles. The highest BCUT2D eigenvalue weighted by molar-refractivity contribution is 5.68. The molecule has 208 valence electrons. The number of carbonyl (C=O) groups is 2. The van der Waals surface area contributed by atoms with Crippen LogP contribution in [0.1, 0.15) is 52.0 Å². The largest absolute Gasteiger partial charge is 0.445 e. The van der Waals surface area contributed by atoms with Gasteiger partial charge < -0.3 is 34.2 Å². The molecule has 2 saturated heterocycles. The summed E-state index contributed by atoms with van der Waals surface area (Å²) in [5.41, 5.74) is 0.536. The molecular formula is C28H46N4O5. The Morgan fingerprint density at radius 3 is 2.16 bits per heavy atom. The maximum absolute atomic E-state index is 12.2. The van der Waals surface area contributed by atoms with Crippen molar-refractivity contribution in [2.45, 2.75) is 64.8 Å². The highest BCUT2D eigenvalue weighted by Gasteiger charge is 2.27. The minimum atomic E-state index is -0.453. The first-order valence-corrected chi connectivity index (χ1v) is 13.8. The summed E-state index contributed by atoms with van der Waals surface area (Å²) >= 11 is 0. The number of hydrogen-bond donors (Lipinski definition) is 1. The van der Waals surface area contributed by atoms with Crippen molar-refractivity contribution in [1.29, 1.82) is 0 Å². The van der Waals surface area contributed by atoms with Crippen molar-refractivity contribution >= 4 is 12.2 Å². The van der Waals surface area contributed by atoms with Crippen LogP contribution in [0.4, 0.5) is 9.59 Å². The van der Waals surface area contributed by atoms with Crippen molar-refractivity contribution in [3.63, 3.8) is 0 Å². The summed E-state index contributed by atoms with van der Waals surface area (Å²) < 4.78 is 16.8. The van der Waals surface area contributed by atoms with Crippen LogP contribution in [-0.4, -0.2) is 104 Å². The van der Waals surface area contributed by atoms with Crippen LogP contribution >= 0.6 is 0 Å². The second-order valence-corrected chi connectivity index (χ2v) is 10.9. The van der Waals surface area contributed by atoms with E-state index in [4.69, 9.17) is 14.2 Å². The van der Waals surface area contributed by atoms with E-state index < -0.39 is 5.60 Å². The van der Waals surface area contributed by atoms with E-state index in [1.54, 1.807) is 4.90 Å². The second kappa shape index (κ2) is 15.1. The maximum Gasteiger partial charge on any atom is 0.410 e. The van der Waals surface area contributed by atoms with Gasteiger partial charge in [0, 0.05) is 59.0 Å². The average molecular weight is 519 g/mol. The molecule has 37 heavy (non-hydrogen) atoms. The number of nitrogens with zero attached hydrogens (tertiary/aromatic N) is 3. The molecule has 0 bridgehead atoms. The van der Waals surface area contributed by atoms with Crippen LogP contribution in [0.15, 0.2) is 30.3 Å². The van der Waals surface area contributed by atoms with Crippen LogP contribution in [0.25, 0.3) is 0 Å². The van der Waals surface area contributed by atoms with Gasteiger partial charge in [0.15, 0.2) is 0 Å². The Bertz CT molecular complexity index is 801. The van der Waals surface area contributed by atoms with Crippen molar-refractivity contribution in [3.05, 3.63) is 35.9 Å². The number of ether oxygens (including phenoxy) is 3. The topological polar surface area (TPSA) is 83.6 Å². The van der Waals surface area contributed by atoms with Gasteiger partial charge in [-0.1, -0.05) is 30.3 Å². The number of amides is 2. The third-order valence-corrected chi connectivity index (χ3v) is 6.66. The van der Waals surface area contributed by atoms with Crippen LogP contribution < -0.4 is 5.32 Å². The minimum absolute atomic E-state index is 0.220. The molecule has 0 aromatic heterocycles. The fraction of sp³-hybridized carbons (Fsp3) is 0.714. The number of hydrogen-bond acceptors (Lipinski definition) is 7. The van der Waals surface area contributed by atoms with Gasteiger partial charge in [-0.05, 0) is 58.6 Å². The third-order valence-electron chi connectivity index (χ3n) is 6.66. The first-order chi connectivity index (χ1) is 17.8. The smallest absolute Gasteiger partial charge is 0.410 e. The summed E-state index contributed by atoms with van der Waals surface area (Å²) in [5, 5.41) is 2.84. The van der Waals surface area contributed by atoms with E-state index >= 15 is 0 Å². The molecule has 1 aromatic carbocycles. The zero-order chi connectivity index (χ0) is 26.5. The fourth-order valence-electron chi connectivity index (χ4n) is 4.57. The number of carbonyl (C=O) groups excluding carboxylic acids is 2. The van der Waals surface area contributed by atoms with Crippen molar-refractivity contribution in [3.8, 4) is 0 Å². The quantitative estimate of drug-likeness (QED) is 0.447. The van der Waals surface area contributed by atoms with Gasteiger partial charge in [0.1, 0.15) is 12.2 Å². The van der Waals surface area contributed by atoms with E-state index in [2.05, 4.69) is 15.1 Å². The number of piperazine rings is 1. The lowest BCUT2D eigenvalue weighted by atomic mass is 10.1. The molecule has 2 amide bonds. The first kappa shape index (κ1) is 29.2. The van der Waals surface area contributed by atoms with Gasteiger partial charge in [0.25, 0.3) is 0 Å². The Balaban J connectivity index is 1.15. The monoisotopic (exact) mass is 518 g/mol. The van der Waals surface area contributed by atoms with Crippen LogP contribution in [-0.2, 0) is 20.8 Å². The minimum Gasteiger partial charge on any atom is -0.445 e. The summed E-state index contributed by atoms with van der Waals surface area (Å²) in [6, 6.07) is 9.70. The molecule has 2 aliphatic heterocycles. The van der Waals surface area contributed by atoms with Gasteiger partial charge in [-0.15, -0.1) is 0 Å². The molecule has 0 unspecified atom stereocenters. The first-order valence-electron chi connectivity index (χ1n) is 13.8. The van der Waals surface area contributed by atoms with Gasteiger partial charge in [-0.3, -0.25) is 0 Å². The van der Waals surface area contributed by atoms with Crippen molar-refractivity contribution in [1.82, 2.24) is 20.0 Å². The van der Waals surface area contributed by atoms with E-state index in [1.807, 2.05) is 51.1 Å². The van der Waals surface area contributed by atoms with Crippen molar-refractivity contribution in [2.24, 2.45) is 0 Å². The number of alkyl carbamates (subject to hydrolysis) is 1. The van der Waals surface area contributed by atoms with Crippen LogP contribution in [0.2, 0.25) is 0 Å². The zero-order valence-electron chi connectivity index (χ0n) is 23.0. The molecule has 0 saturated carbocycles. The molecule has 1 N–H and O–H groups in total. The number of nitrogens with one attached hydrogen (secondary N) is 1. The molecule has 0 atom stereocenters. The fourth-order valence-corrected chi connectivity index (χ4v) is 4.57. The molecule has 9 heteroatoms. The van der Waals surface area contributed by atoms with Gasteiger partial charge in [0.05, 0.1) is 6.10 Å². The summed E-state index contributed by atoms with van der Waals surface area (Å²) in [7, 11) is 0. The van der Waals surface area contributed by atoms with E-state index in [-0.39, 0.29) is 18.3 Å². The summed E-state index contributed by atoms with van der Waals surface area (Å²) in [5.74, 6) is 0. The van der Waals surface area contributed by atoms with Gasteiger partial charge in [0.2, 0.25) is 0 Å². The Labute approximate surface area is 222 Å². The summed E-state index contributed by atoms with van der Waals surface area (Å²) in [6.45, 7) is 15.1. The number of likely N-dealkylation sites (tertiary alicyclic amines) is 1. The predicted molar refractivity (Wildman–Crippen MR) is 144 cm³/mol. The third kappa shape index (κ3) is 11.7. The lowest BCUT2D eigenvalue weighted by molar-refractivity contribution is -0.0136. The highest BCUT2D eigenvalue weighted by atomic mass is 16.6. The number of benzene rings is 1. The normalized spacial score (nSPS) is 18.0. The van der Waals surface area contributed by atoms with Crippen LogP contribution in [0.5, 0.6) is 0 Å². The Hall–Kier alpha value is -2.36. The molecule has 2 heterocycles. The molecule has 1 aromatic rings.